The second-order valence-corrected chi connectivity index (χ2v) is 4.10. The van der Waals surface area contributed by atoms with Crippen LogP contribution in [-0.4, -0.2) is 24.4 Å². The Bertz CT molecular complexity index is 590. The molecule has 18 heavy (non-hydrogen) atoms. The highest BCUT2D eigenvalue weighted by atomic mass is 15.2. The van der Waals surface area contributed by atoms with Crippen LogP contribution in [0.4, 0.5) is 0 Å². The van der Waals surface area contributed by atoms with Crippen molar-refractivity contribution in [2.45, 2.75) is 0 Å². The fraction of sp³-hybridized carbons (Fsp3) is 0.0667. The third-order valence-electron chi connectivity index (χ3n) is 2.99. The first-order chi connectivity index (χ1) is 8.86. The van der Waals surface area contributed by atoms with Gasteiger partial charge in [-0.2, -0.15) is 0 Å². The summed E-state index contributed by atoms with van der Waals surface area (Å²) in [6.45, 7) is 0. The summed E-state index contributed by atoms with van der Waals surface area (Å²) in [5.41, 5.74) is 3.35. The third kappa shape index (κ3) is 1.80. The van der Waals surface area contributed by atoms with E-state index in [1.54, 1.807) is 12.4 Å². The molecule has 0 aromatic heterocycles. The van der Waals surface area contributed by atoms with Crippen LogP contribution in [0.1, 0.15) is 5.56 Å². The SMILES string of the molecule is CN1C(c2ccccc2)=CC=CC1=C1N=CC=N1. The molecule has 0 saturated carbocycles. The van der Waals surface area contributed by atoms with Crippen LogP contribution < -0.4 is 0 Å². The van der Waals surface area contributed by atoms with Gasteiger partial charge in [-0.25, -0.2) is 9.98 Å². The Kier molecular flexibility index (Phi) is 2.65. The zero-order valence-electron chi connectivity index (χ0n) is 10.1. The number of rotatable bonds is 1. The highest BCUT2D eigenvalue weighted by molar-refractivity contribution is 6.18. The molecule has 0 amide bonds. The molecule has 1 aromatic carbocycles. The molecule has 0 spiro atoms. The standard InChI is InChI=1S/C15H13N3/c1-18-13(12-6-3-2-4-7-12)8-5-9-14(18)15-16-10-11-17-15/h2-11H,1H3. The van der Waals surface area contributed by atoms with Crippen molar-refractivity contribution in [1.29, 1.82) is 0 Å². The Morgan fingerprint density at radius 2 is 1.72 bits per heavy atom. The minimum atomic E-state index is 0.760. The first-order valence-corrected chi connectivity index (χ1v) is 5.85. The lowest BCUT2D eigenvalue weighted by atomic mass is 10.1. The quantitative estimate of drug-likeness (QED) is 0.735. The van der Waals surface area contributed by atoms with Crippen molar-refractivity contribution in [3.05, 3.63) is 65.6 Å². The van der Waals surface area contributed by atoms with Gasteiger partial charge in [0, 0.05) is 25.2 Å². The summed E-state index contributed by atoms with van der Waals surface area (Å²) in [6.07, 6.45) is 9.59. The van der Waals surface area contributed by atoms with Gasteiger partial charge < -0.3 is 4.90 Å². The number of nitrogens with zero attached hydrogens (tertiary/aromatic N) is 3. The molecule has 2 heterocycles. The zero-order valence-corrected chi connectivity index (χ0v) is 10.1. The Labute approximate surface area is 106 Å². The highest BCUT2D eigenvalue weighted by Crippen LogP contribution is 2.28. The Hall–Kier alpha value is -2.42. The molecule has 2 aliphatic rings. The van der Waals surface area contributed by atoms with E-state index in [9.17, 15) is 0 Å². The predicted octanol–water partition coefficient (Wildman–Crippen LogP) is 2.85. The smallest absolute Gasteiger partial charge is 0.176 e. The van der Waals surface area contributed by atoms with Crippen molar-refractivity contribution in [2.24, 2.45) is 9.98 Å². The second-order valence-electron chi connectivity index (χ2n) is 4.10. The fourth-order valence-electron chi connectivity index (χ4n) is 2.08. The van der Waals surface area contributed by atoms with Crippen LogP contribution in [-0.2, 0) is 0 Å². The van der Waals surface area contributed by atoms with Gasteiger partial charge in [0.15, 0.2) is 5.82 Å². The van der Waals surface area contributed by atoms with E-state index in [0.717, 1.165) is 17.2 Å². The van der Waals surface area contributed by atoms with Crippen molar-refractivity contribution >= 4 is 18.1 Å². The van der Waals surface area contributed by atoms with Crippen LogP contribution in [0.3, 0.4) is 0 Å². The van der Waals surface area contributed by atoms with E-state index in [1.165, 1.54) is 5.56 Å². The Balaban J connectivity index is 2.02. The van der Waals surface area contributed by atoms with Gasteiger partial charge in [-0.15, -0.1) is 0 Å². The molecule has 0 bridgehead atoms. The first kappa shape index (κ1) is 10.7. The van der Waals surface area contributed by atoms with Crippen molar-refractivity contribution in [3.8, 4) is 0 Å². The fourth-order valence-corrected chi connectivity index (χ4v) is 2.08. The summed E-state index contributed by atoms with van der Waals surface area (Å²) < 4.78 is 0. The van der Waals surface area contributed by atoms with Gasteiger partial charge in [0.05, 0.1) is 5.70 Å². The van der Waals surface area contributed by atoms with E-state index >= 15 is 0 Å². The topological polar surface area (TPSA) is 28.0 Å². The Morgan fingerprint density at radius 1 is 1.00 bits per heavy atom. The number of hydrogen-bond acceptors (Lipinski definition) is 3. The van der Waals surface area contributed by atoms with Crippen LogP contribution in [0.5, 0.6) is 0 Å². The minimum Gasteiger partial charge on any atom is -0.341 e. The van der Waals surface area contributed by atoms with Gasteiger partial charge in [0.25, 0.3) is 0 Å². The van der Waals surface area contributed by atoms with E-state index in [2.05, 4.69) is 33.1 Å². The number of hydrogen-bond donors (Lipinski definition) is 0. The highest BCUT2D eigenvalue weighted by Gasteiger charge is 2.16. The number of benzene rings is 1. The predicted molar refractivity (Wildman–Crippen MR) is 75.3 cm³/mol. The van der Waals surface area contributed by atoms with E-state index in [0.29, 0.717) is 0 Å². The second kappa shape index (κ2) is 4.45. The van der Waals surface area contributed by atoms with Gasteiger partial charge in [0.1, 0.15) is 0 Å². The van der Waals surface area contributed by atoms with Crippen LogP contribution in [0.15, 0.2) is 70.1 Å². The molecule has 0 unspecified atom stereocenters. The van der Waals surface area contributed by atoms with E-state index in [1.807, 2.05) is 37.4 Å². The van der Waals surface area contributed by atoms with Crippen molar-refractivity contribution in [1.82, 2.24) is 4.90 Å². The molecule has 0 aliphatic carbocycles. The average Bonchev–Trinajstić information content (AvgIpc) is 2.94. The summed E-state index contributed by atoms with van der Waals surface area (Å²) in [5.74, 6) is 0.760. The van der Waals surface area contributed by atoms with Crippen LogP contribution in [0.2, 0.25) is 0 Å². The number of likely N-dealkylation sites (N-methyl/N-ethyl adjacent to an activating group) is 1. The van der Waals surface area contributed by atoms with Gasteiger partial charge in [-0.3, -0.25) is 0 Å². The van der Waals surface area contributed by atoms with Crippen LogP contribution in [0.25, 0.3) is 5.70 Å². The summed E-state index contributed by atoms with van der Waals surface area (Å²) in [5, 5.41) is 0. The Morgan fingerprint density at radius 3 is 2.44 bits per heavy atom. The molecule has 0 atom stereocenters. The molecule has 1 aromatic rings. The lowest BCUT2D eigenvalue weighted by Crippen LogP contribution is -2.18. The van der Waals surface area contributed by atoms with Gasteiger partial charge >= 0.3 is 0 Å². The van der Waals surface area contributed by atoms with Crippen molar-refractivity contribution in [2.75, 3.05) is 7.05 Å². The normalized spacial score (nSPS) is 17.6. The van der Waals surface area contributed by atoms with Crippen molar-refractivity contribution < 1.29 is 0 Å². The molecular formula is C15H13N3. The monoisotopic (exact) mass is 235 g/mol. The summed E-state index contributed by atoms with van der Waals surface area (Å²) >= 11 is 0. The van der Waals surface area contributed by atoms with Gasteiger partial charge in [-0.05, 0) is 17.7 Å². The van der Waals surface area contributed by atoms with Crippen LogP contribution >= 0.6 is 0 Å². The van der Waals surface area contributed by atoms with E-state index in [-0.39, 0.29) is 0 Å². The molecule has 88 valence electrons. The summed E-state index contributed by atoms with van der Waals surface area (Å²) in [4.78, 5) is 10.6. The maximum absolute atomic E-state index is 4.25. The molecule has 0 fully saturated rings. The molecular weight excluding hydrogens is 222 g/mol. The number of aliphatic imine (C=N–C) groups is 2. The summed E-state index contributed by atoms with van der Waals surface area (Å²) in [7, 11) is 2.04. The summed E-state index contributed by atoms with van der Waals surface area (Å²) in [6, 6.07) is 10.3. The van der Waals surface area contributed by atoms with E-state index < -0.39 is 0 Å². The molecule has 0 saturated heterocycles. The zero-order chi connectivity index (χ0) is 12.4. The lowest BCUT2D eigenvalue weighted by molar-refractivity contribution is 0.602. The van der Waals surface area contributed by atoms with Crippen molar-refractivity contribution in [3.63, 3.8) is 0 Å². The number of allylic oxidation sites excluding steroid dienone is 3. The van der Waals surface area contributed by atoms with E-state index in [4.69, 9.17) is 0 Å². The molecule has 0 radical (unpaired) electrons. The molecule has 2 aliphatic heterocycles. The lowest BCUT2D eigenvalue weighted by Gasteiger charge is -2.26. The third-order valence-corrected chi connectivity index (χ3v) is 2.99. The molecule has 3 rings (SSSR count). The molecule has 3 nitrogen and oxygen atoms in total. The molecule has 0 N–H and O–H groups in total. The largest absolute Gasteiger partial charge is 0.341 e. The first-order valence-electron chi connectivity index (χ1n) is 5.85. The average molecular weight is 235 g/mol. The van der Waals surface area contributed by atoms with Crippen LogP contribution in [0, 0.1) is 0 Å². The maximum Gasteiger partial charge on any atom is 0.176 e. The molecule has 3 heteroatoms. The van der Waals surface area contributed by atoms with Gasteiger partial charge in [0.2, 0.25) is 0 Å². The maximum atomic E-state index is 4.25. The van der Waals surface area contributed by atoms with Gasteiger partial charge in [-0.1, -0.05) is 36.4 Å². The minimum absolute atomic E-state index is 0.760.